The van der Waals surface area contributed by atoms with E-state index in [-0.39, 0.29) is 18.3 Å². The third-order valence-corrected chi connectivity index (χ3v) is 4.75. The fourth-order valence-corrected chi connectivity index (χ4v) is 3.31. The van der Waals surface area contributed by atoms with Crippen LogP contribution in [0.3, 0.4) is 0 Å². The van der Waals surface area contributed by atoms with Gasteiger partial charge in [0.2, 0.25) is 0 Å². The molecule has 0 saturated heterocycles. The molecule has 0 fully saturated rings. The number of aliphatic hydroxyl groups excluding tert-OH is 1. The predicted octanol–water partition coefficient (Wildman–Crippen LogP) is 2.01. The van der Waals surface area contributed by atoms with Gasteiger partial charge in [-0.3, -0.25) is 4.79 Å². The first-order valence-electron chi connectivity index (χ1n) is 8.76. The zero-order valence-corrected chi connectivity index (χ0v) is 14.9. The minimum atomic E-state index is -0.276. The van der Waals surface area contributed by atoms with E-state index in [1.165, 1.54) is 6.92 Å². The van der Waals surface area contributed by atoms with Gasteiger partial charge in [0.15, 0.2) is 5.82 Å². The molecular weight excluding hydrogens is 344 g/mol. The number of imidazole rings is 1. The highest BCUT2D eigenvalue weighted by Crippen LogP contribution is 2.28. The van der Waals surface area contributed by atoms with Gasteiger partial charge in [-0.25, -0.2) is 14.6 Å². The molecule has 0 aliphatic rings. The average Bonchev–Trinajstić information content (AvgIpc) is 3.31. The number of ketones is 1. The van der Waals surface area contributed by atoms with E-state index in [0.29, 0.717) is 30.0 Å². The van der Waals surface area contributed by atoms with Crippen molar-refractivity contribution >= 4 is 33.5 Å². The predicted molar refractivity (Wildman–Crippen MR) is 103 cm³/mol. The lowest BCUT2D eigenvalue weighted by Gasteiger charge is -2.09. The van der Waals surface area contributed by atoms with Crippen LogP contribution >= 0.6 is 0 Å². The Kier molecular flexibility index (Phi) is 4.33. The van der Waals surface area contributed by atoms with Gasteiger partial charge in [-0.1, -0.05) is 0 Å². The summed E-state index contributed by atoms with van der Waals surface area (Å²) in [5, 5.41) is 14.3. The molecule has 8 nitrogen and oxygen atoms in total. The molecule has 0 radical (unpaired) electrons. The van der Waals surface area contributed by atoms with Crippen molar-refractivity contribution in [3.8, 4) is 5.69 Å². The Morgan fingerprint density at radius 2 is 2.22 bits per heavy atom. The molecule has 8 heteroatoms. The van der Waals surface area contributed by atoms with Crippen LogP contribution in [0.5, 0.6) is 0 Å². The van der Waals surface area contributed by atoms with Crippen molar-refractivity contribution in [2.24, 2.45) is 5.92 Å². The molecule has 4 N–H and O–H groups in total. The SMILES string of the molecule is CC(=O)C(CCO)Cc1nc2c(N)nc3cc(-n4cccn4)ccc3c2[nH]1. The lowest BCUT2D eigenvalue weighted by atomic mass is 9.97. The smallest absolute Gasteiger partial charge is 0.152 e. The Morgan fingerprint density at radius 1 is 1.37 bits per heavy atom. The fourth-order valence-electron chi connectivity index (χ4n) is 3.31. The molecule has 3 heterocycles. The molecule has 0 saturated carbocycles. The highest BCUT2D eigenvalue weighted by Gasteiger charge is 2.18. The third kappa shape index (κ3) is 3.15. The molecule has 0 aliphatic heterocycles. The molecule has 0 aliphatic carbocycles. The number of nitrogens with zero attached hydrogens (tertiary/aromatic N) is 4. The summed E-state index contributed by atoms with van der Waals surface area (Å²) in [7, 11) is 0. The van der Waals surface area contributed by atoms with Gasteiger partial charge >= 0.3 is 0 Å². The van der Waals surface area contributed by atoms with Gasteiger partial charge < -0.3 is 15.8 Å². The highest BCUT2D eigenvalue weighted by molar-refractivity contribution is 6.06. The number of carbonyl (C=O) groups excluding carboxylic acids is 1. The van der Waals surface area contributed by atoms with E-state index in [0.717, 1.165) is 22.1 Å². The van der Waals surface area contributed by atoms with Crippen molar-refractivity contribution in [1.29, 1.82) is 0 Å². The fraction of sp³-hybridized carbons (Fsp3) is 0.263. The molecule has 0 spiro atoms. The number of fused-ring (bicyclic) bond motifs is 3. The molecule has 4 rings (SSSR count). The van der Waals surface area contributed by atoms with Crippen molar-refractivity contribution in [3.05, 3.63) is 42.5 Å². The van der Waals surface area contributed by atoms with Gasteiger partial charge in [0.1, 0.15) is 17.1 Å². The highest BCUT2D eigenvalue weighted by atomic mass is 16.3. The largest absolute Gasteiger partial charge is 0.396 e. The minimum absolute atomic E-state index is 0.0318. The van der Waals surface area contributed by atoms with Crippen molar-refractivity contribution in [3.63, 3.8) is 0 Å². The summed E-state index contributed by atoms with van der Waals surface area (Å²) in [6.07, 6.45) is 4.42. The van der Waals surface area contributed by atoms with Gasteiger partial charge in [0.25, 0.3) is 0 Å². The molecule has 27 heavy (non-hydrogen) atoms. The normalized spacial score (nSPS) is 12.7. The van der Waals surface area contributed by atoms with Crippen LogP contribution in [0.25, 0.3) is 27.6 Å². The van der Waals surface area contributed by atoms with E-state index in [2.05, 4.69) is 20.1 Å². The molecular formula is C19H20N6O2. The number of aromatic amines is 1. The Bertz CT molecular complexity index is 1120. The van der Waals surface area contributed by atoms with Crippen LogP contribution < -0.4 is 5.73 Å². The van der Waals surface area contributed by atoms with Crippen molar-refractivity contribution in [1.82, 2.24) is 24.7 Å². The lowest BCUT2D eigenvalue weighted by molar-refractivity contribution is -0.121. The maximum absolute atomic E-state index is 11.8. The molecule has 0 bridgehead atoms. The number of hydrogen-bond acceptors (Lipinski definition) is 6. The van der Waals surface area contributed by atoms with Crippen LogP contribution in [0, 0.1) is 5.92 Å². The average molecular weight is 364 g/mol. The van der Waals surface area contributed by atoms with E-state index in [1.807, 2.05) is 30.5 Å². The summed E-state index contributed by atoms with van der Waals surface area (Å²) in [5.41, 5.74) is 9.15. The number of nitrogen functional groups attached to an aromatic ring is 1. The first-order valence-corrected chi connectivity index (χ1v) is 8.76. The van der Waals surface area contributed by atoms with Crippen molar-refractivity contribution in [2.45, 2.75) is 19.8 Å². The van der Waals surface area contributed by atoms with Crippen molar-refractivity contribution in [2.75, 3.05) is 12.3 Å². The van der Waals surface area contributed by atoms with E-state index in [9.17, 15) is 9.90 Å². The summed E-state index contributed by atoms with van der Waals surface area (Å²) in [5.74, 6) is 0.752. The lowest BCUT2D eigenvalue weighted by Crippen LogP contribution is -2.16. The van der Waals surface area contributed by atoms with E-state index in [4.69, 9.17) is 5.73 Å². The summed E-state index contributed by atoms with van der Waals surface area (Å²) in [6.45, 7) is 1.50. The molecule has 0 amide bonds. The first kappa shape index (κ1) is 17.2. The van der Waals surface area contributed by atoms with Gasteiger partial charge in [0, 0.05) is 36.7 Å². The topological polar surface area (TPSA) is 123 Å². The number of pyridine rings is 1. The summed E-state index contributed by atoms with van der Waals surface area (Å²) >= 11 is 0. The Morgan fingerprint density at radius 3 is 2.93 bits per heavy atom. The second kappa shape index (κ2) is 6.81. The Labute approximate surface area is 155 Å². The molecule has 1 unspecified atom stereocenters. The minimum Gasteiger partial charge on any atom is -0.396 e. The number of hydrogen-bond donors (Lipinski definition) is 3. The van der Waals surface area contributed by atoms with Crippen LogP contribution in [0.4, 0.5) is 5.82 Å². The number of anilines is 1. The maximum Gasteiger partial charge on any atom is 0.152 e. The third-order valence-electron chi connectivity index (χ3n) is 4.75. The number of aromatic nitrogens is 5. The number of carbonyl (C=O) groups is 1. The van der Waals surface area contributed by atoms with Gasteiger partial charge in [0.05, 0.1) is 16.7 Å². The Balaban J connectivity index is 1.79. The first-order chi connectivity index (χ1) is 13.1. The molecule has 1 aromatic carbocycles. The number of rotatable bonds is 6. The van der Waals surface area contributed by atoms with Gasteiger partial charge in [-0.05, 0) is 37.6 Å². The van der Waals surface area contributed by atoms with Crippen LogP contribution in [0.2, 0.25) is 0 Å². The van der Waals surface area contributed by atoms with E-state index < -0.39 is 0 Å². The second-order valence-corrected chi connectivity index (χ2v) is 6.58. The maximum atomic E-state index is 11.8. The molecule has 3 aromatic heterocycles. The number of benzene rings is 1. The van der Waals surface area contributed by atoms with Crippen LogP contribution in [0.15, 0.2) is 36.7 Å². The number of aliphatic hydroxyl groups is 1. The summed E-state index contributed by atoms with van der Waals surface area (Å²) in [6, 6.07) is 7.69. The van der Waals surface area contributed by atoms with Crippen molar-refractivity contribution < 1.29 is 9.90 Å². The Hall–Kier alpha value is -3.26. The quantitative estimate of drug-likeness (QED) is 0.481. The van der Waals surface area contributed by atoms with Gasteiger partial charge in [-0.2, -0.15) is 5.10 Å². The van der Waals surface area contributed by atoms with Crippen LogP contribution in [-0.4, -0.2) is 42.2 Å². The van der Waals surface area contributed by atoms with E-state index >= 15 is 0 Å². The number of nitrogens with two attached hydrogens (primary N) is 1. The number of H-pyrrole nitrogens is 1. The zero-order chi connectivity index (χ0) is 19.0. The standard InChI is InChI=1S/C19H20N6O2/c1-11(27)12(5-8-26)9-16-23-17-14-4-3-13(25-7-2-6-21-25)10-15(14)22-19(20)18(17)24-16/h2-4,6-7,10,12,26H,5,8-9H2,1H3,(H2,20,22)(H,23,24). The second-order valence-electron chi connectivity index (χ2n) is 6.58. The van der Waals surface area contributed by atoms with Crippen LogP contribution in [-0.2, 0) is 11.2 Å². The van der Waals surface area contributed by atoms with Gasteiger partial charge in [-0.15, -0.1) is 0 Å². The molecule has 4 aromatic rings. The molecule has 1 atom stereocenters. The van der Waals surface area contributed by atoms with E-state index in [1.54, 1.807) is 10.9 Å². The monoisotopic (exact) mass is 364 g/mol. The number of nitrogens with one attached hydrogen (secondary N) is 1. The zero-order valence-electron chi connectivity index (χ0n) is 14.9. The summed E-state index contributed by atoms with van der Waals surface area (Å²) in [4.78, 5) is 24.1. The van der Waals surface area contributed by atoms with Crippen LogP contribution in [0.1, 0.15) is 19.2 Å². The summed E-state index contributed by atoms with van der Waals surface area (Å²) < 4.78 is 1.76. The molecule has 138 valence electrons. The number of Topliss-reactive ketones (excluding diaryl/α,β-unsaturated/α-hetero) is 1.